The van der Waals surface area contributed by atoms with Crippen molar-refractivity contribution in [2.45, 2.75) is 45.6 Å². The van der Waals surface area contributed by atoms with E-state index in [4.69, 9.17) is 4.74 Å². The second kappa shape index (κ2) is 6.59. The number of nitro benzene ring substituents is 1. The lowest BCUT2D eigenvalue weighted by atomic mass is 9.81. The molecule has 2 rings (SSSR count). The summed E-state index contributed by atoms with van der Waals surface area (Å²) in [6, 6.07) is 5.24. The highest BCUT2D eigenvalue weighted by atomic mass is 16.6. The molecule has 1 N–H and O–H groups in total. The molecule has 20 heavy (non-hydrogen) atoms. The van der Waals surface area contributed by atoms with E-state index in [1.165, 1.54) is 25.3 Å². The Labute approximate surface area is 119 Å². The van der Waals surface area contributed by atoms with Gasteiger partial charge >= 0.3 is 0 Å². The number of hydrogen-bond donors (Lipinski definition) is 1. The molecule has 0 aliphatic heterocycles. The summed E-state index contributed by atoms with van der Waals surface area (Å²) in [5.74, 6) is 1.32. The topological polar surface area (TPSA) is 64.4 Å². The third-order valence-electron chi connectivity index (χ3n) is 3.79. The highest BCUT2D eigenvalue weighted by molar-refractivity contribution is 5.64. The van der Waals surface area contributed by atoms with Crippen molar-refractivity contribution in [3.05, 3.63) is 28.3 Å². The fourth-order valence-electron chi connectivity index (χ4n) is 2.59. The van der Waals surface area contributed by atoms with Crippen molar-refractivity contribution in [1.29, 1.82) is 0 Å². The Kier molecular flexibility index (Phi) is 4.82. The molecule has 5 heteroatoms. The largest absolute Gasteiger partial charge is 0.494 e. The van der Waals surface area contributed by atoms with Crippen LogP contribution in [-0.4, -0.2) is 17.6 Å². The number of hydrogen-bond acceptors (Lipinski definition) is 4. The number of nitrogens with zero attached hydrogens (tertiary/aromatic N) is 1. The number of anilines is 1. The van der Waals surface area contributed by atoms with Crippen LogP contribution in [-0.2, 0) is 0 Å². The smallest absolute Gasteiger partial charge is 0.296 e. The zero-order valence-electron chi connectivity index (χ0n) is 12.1. The van der Waals surface area contributed by atoms with Crippen LogP contribution >= 0.6 is 0 Å². The monoisotopic (exact) mass is 278 g/mol. The van der Waals surface area contributed by atoms with Crippen molar-refractivity contribution >= 4 is 11.4 Å². The van der Waals surface area contributed by atoms with Crippen molar-refractivity contribution in [3.63, 3.8) is 0 Å². The van der Waals surface area contributed by atoms with Crippen LogP contribution < -0.4 is 10.1 Å². The summed E-state index contributed by atoms with van der Waals surface area (Å²) >= 11 is 0. The first-order valence-corrected chi connectivity index (χ1v) is 7.28. The molecule has 5 nitrogen and oxygen atoms in total. The van der Waals surface area contributed by atoms with Crippen LogP contribution in [0, 0.1) is 16.0 Å². The van der Waals surface area contributed by atoms with Crippen LogP contribution in [0.25, 0.3) is 0 Å². The van der Waals surface area contributed by atoms with E-state index in [1.807, 2.05) is 6.92 Å². The van der Waals surface area contributed by atoms with Crippen LogP contribution in [0.5, 0.6) is 5.75 Å². The first-order valence-electron chi connectivity index (χ1n) is 7.28. The maximum atomic E-state index is 11.2. The van der Waals surface area contributed by atoms with Gasteiger partial charge in [0.15, 0.2) is 0 Å². The first-order chi connectivity index (χ1) is 9.60. The van der Waals surface area contributed by atoms with Gasteiger partial charge in [0.25, 0.3) is 5.69 Å². The summed E-state index contributed by atoms with van der Waals surface area (Å²) < 4.78 is 5.32. The van der Waals surface area contributed by atoms with Crippen LogP contribution in [0.1, 0.15) is 39.5 Å². The van der Waals surface area contributed by atoms with E-state index in [0.717, 1.165) is 12.3 Å². The van der Waals surface area contributed by atoms with Crippen LogP contribution in [0.2, 0.25) is 0 Å². The molecule has 1 aromatic rings. The summed E-state index contributed by atoms with van der Waals surface area (Å²) in [5, 5.41) is 14.4. The van der Waals surface area contributed by atoms with Gasteiger partial charge in [0, 0.05) is 6.04 Å². The molecule has 0 bridgehead atoms. The Hall–Kier alpha value is -1.78. The van der Waals surface area contributed by atoms with Crippen molar-refractivity contribution in [1.82, 2.24) is 0 Å². The lowest BCUT2D eigenvalue weighted by molar-refractivity contribution is -0.384. The Bertz CT molecular complexity index is 472. The van der Waals surface area contributed by atoms with Crippen LogP contribution in [0.3, 0.4) is 0 Å². The fraction of sp³-hybridized carbons (Fsp3) is 0.600. The molecule has 1 fully saturated rings. The molecule has 1 aliphatic rings. The van der Waals surface area contributed by atoms with E-state index in [-0.39, 0.29) is 16.7 Å². The molecule has 0 heterocycles. The average Bonchev–Trinajstić information content (AvgIpc) is 2.36. The predicted octanol–water partition coefficient (Wildman–Crippen LogP) is 3.98. The minimum Gasteiger partial charge on any atom is -0.494 e. The van der Waals surface area contributed by atoms with Crippen LogP contribution in [0.4, 0.5) is 11.4 Å². The summed E-state index contributed by atoms with van der Waals surface area (Å²) in [6.07, 6.45) is 4.97. The van der Waals surface area contributed by atoms with Gasteiger partial charge in [-0.1, -0.05) is 19.3 Å². The van der Waals surface area contributed by atoms with Gasteiger partial charge in [-0.2, -0.15) is 0 Å². The second-order valence-electron chi connectivity index (χ2n) is 5.45. The lowest BCUT2D eigenvalue weighted by Gasteiger charge is -2.28. The van der Waals surface area contributed by atoms with Gasteiger partial charge in [-0.25, -0.2) is 0 Å². The van der Waals surface area contributed by atoms with Gasteiger partial charge in [-0.3, -0.25) is 10.1 Å². The van der Waals surface area contributed by atoms with Gasteiger partial charge in [0.1, 0.15) is 11.4 Å². The number of ether oxygens (including phenoxy) is 1. The molecule has 0 saturated heterocycles. The Balaban J connectivity index is 2.06. The van der Waals surface area contributed by atoms with Crippen molar-refractivity contribution in [2.24, 2.45) is 5.92 Å². The average molecular weight is 278 g/mol. The zero-order valence-corrected chi connectivity index (χ0v) is 12.1. The van der Waals surface area contributed by atoms with Gasteiger partial charge in [0.05, 0.1) is 17.6 Å². The van der Waals surface area contributed by atoms with Crippen molar-refractivity contribution < 1.29 is 9.66 Å². The zero-order chi connectivity index (χ0) is 14.5. The molecule has 0 radical (unpaired) electrons. The lowest BCUT2D eigenvalue weighted by Crippen LogP contribution is -2.23. The van der Waals surface area contributed by atoms with E-state index in [1.54, 1.807) is 12.1 Å². The summed E-state index contributed by atoms with van der Waals surface area (Å²) in [4.78, 5) is 10.8. The molecule has 1 saturated carbocycles. The molecule has 1 aliphatic carbocycles. The molecule has 1 aromatic carbocycles. The molecule has 1 atom stereocenters. The number of rotatable bonds is 7. The number of nitro groups is 1. The number of nitrogens with one attached hydrogen (secondary N) is 1. The predicted molar refractivity (Wildman–Crippen MR) is 79.3 cm³/mol. The molecule has 0 amide bonds. The molecule has 1 unspecified atom stereocenters. The Morgan fingerprint density at radius 1 is 1.50 bits per heavy atom. The highest BCUT2D eigenvalue weighted by Gasteiger charge is 2.22. The van der Waals surface area contributed by atoms with Gasteiger partial charge < -0.3 is 10.1 Å². The third kappa shape index (κ3) is 3.62. The van der Waals surface area contributed by atoms with E-state index >= 15 is 0 Å². The third-order valence-corrected chi connectivity index (χ3v) is 3.79. The normalized spacial score (nSPS) is 16.3. The summed E-state index contributed by atoms with van der Waals surface area (Å²) in [7, 11) is 0. The summed E-state index contributed by atoms with van der Waals surface area (Å²) in [6.45, 7) is 4.44. The van der Waals surface area contributed by atoms with E-state index in [2.05, 4.69) is 12.2 Å². The molecule has 110 valence electrons. The maximum Gasteiger partial charge on any atom is 0.296 e. The SMILES string of the molecule is CCOc1ccc(NC(C)CC2CCC2)c([N+](=O)[O-])c1. The minimum atomic E-state index is -0.360. The van der Waals surface area contributed by atoms with Crippen molar-refractivity contribution in [3.8, 4) is 5.75 Å². The second-order valence-corrected chi connectivity index (χ2v) is 5.45. The fourth-order valence-corrected chi connectivity index (χ4v) is 2.59. The number of benzene rings is 1. The van der Waals surface area contributed by atoms with Gasteiger partial charge in [-0.05, 0) is 38.3 Å². The first kappa shape index (κ1) is 14.6. The van der Waals surface area contributed by atoms with E-state index in [0.29, 0.717) is 18.0 Å². The van der Waals surface area contributed by atoms with Gasteiger partial charge in [-0.15, -0.1) is 0 Å². The highest BCUT2D eigenvalue weighted by Crippen LogP contribution is 2.33. The molecule has 0 spiro atoms. The molecular weight excluding hydrogens is 256 g/mol. The molecule has 0 aromatic heterocycles. The Morgan fingerprint density at radius 3 is 2.80 bits per heavy atom. The maximum absolute atomic E-state index is 11.2. The standard InChI is InChI=1S/C15H22N2O3/c1-3-20-13-7-8-14(15(10-13)17(18)19)16-11(2)9-12-5-4-6-12/h7-8,10-12,16H,3-6,9H2,1-2H3. The van der Waals surface area contributed by atoms with Gasteiger partial charge in [0.2, 0.25) is 0 Å². The van der Waals surface area contributed by atoms with E-state index < -0.39 is 0 Å². The quantitative estimate of drug-likeness (QED) is 0.605. The van der Waals surface area contributed by atoms with Crippen LogP contribution in [0.15, 0.2) is 18.2 Å². The summed E-state index contributed by atoms with van der Waals surface area (Å²) in [5.41, 5.74) is 0.654. The molecular formula is C15H22N2O3. The van der Waals surface area contributed by atoms with E-state index in [9.17, 15) is 10.1 Å². The Morgan fingerprint density at radius 2 is 2.25 bits per heavy atom. The van der Waals surface area contributed by atoms with Crippen molar-refractivity contribution in [2.75, 3.05) is 11.9 Å². The minimum absolute atomic E-state index is 0.0800.